The van der Waals surface area contributed by atoms with Gasteiger partial charge in [-0.05, 0) is 38.0 Å². The quantitative estimate of drug-likeness (QED) is 0.771. The van der Waals surface area contributed by atoms with Gasteiger partial charge in [-0.15, -0.1) is 24.5 Å². The van der Waals surface area contributed by atoms with E-state index in [1.165, 1.54) is 0 Å². The summed E-state index contributed by atoms with van der Waals surface area (Å²) in [5, 5.41) is 14.2. The summed E-state index contributed by atoms with van der Waals surface area (Å²) in [6.07, 6.45) is 4.06. The van der Waals surface area contributed by atoms with E-state index >= 15 is 0 Å². The normalized spacial score (nSPS) is 11.4. The lowest BCUT2D eigenvalue weighted by Gasteiger charge is -2.25. The summed E-state index contributed by atoms with van der Waals surface area (Å²) in [6, 6.07) is 5.44. The van der Waals surface area contributed by atoms with Crippen molar-refractivity contribution in [3.8, 4) is 0 Å². The summed E-state index contributed by atoms with van der Waals surface area (Å²) in [4.78, 5) is 16.6. The maximum atomic E-state index is 12.3. The predicted octanol–water partition coefficient (Wildman–Crippen LogP) is 3.22. The van der Waals surface area contributed by atoms with Crippen molar-refractivity contribution in [2.45, 2.75) is 25.4 Å². The Morgan fingerprint density at radius 2 is 2.09 bits per heavy atom. The molecule has 0 saturated heterocycles. The van der Waals surface area contributed by atoms with Crippen molar-refractivity contribution in [2.24, 2.45) is 0 Å². The molecule has 0 unspecified atom stereocenters. The zero-order chi connectivity index (χ0) is 16.2. The van der Waals surface area contributed by atoms with Crippen molar-refractivity contribution in [2.75, 3.05) is 6.54 Å². The van der Waals surface area contributed by atoms with E-state index in [9.17, 15) is 9.90 Å². The van der Waals surface area contributed by atoms with Crippen LogP contribution in [-0.4, -0.2) is 28.1 Å². The molecule has 2 N–H and O–H groups in total. The van der Waals surface area contributed by atoms with Crippen LogP contribution in [0.1, 0.15) is 28.2 Å². The fourth-order valence-corrected chi connectivity index (χ4v) is 3.10. The average molecular weight is 316 g/mol. The van der Waals surface area contributed by atoms with Crippen LogP contribution in [0.4, 0.5) is 0 Å². The van der Waals surface area contributed by atoms with Gasteiger partial charge in [-0.3, -0.25) is 4.79 Å². The Morgan fingerprint density at radius 1 is 1.41 bits per heavy atom. The number of nitrogens with zero attached hydrogens (tertiary/aromatic N) is 1. The van der Waals surface area contributed by atoms with Crippen LogP contribution in [0.3, 0.4) is 0 Å². The molecule has 4 nitrogen and oxygen atoms in total. The highest BCUT2D eigenvalue weighted by molar-refractivity contribution is 7.18. The number of aromatic nitrogens is 1. The second kappa shape index (κ2) is 6.85. The van der Waals surface area contributed by atoms with Crippen LogP contribution < -0.4 is 5.32 Å². The molecule has 2 aromatic rings. The molecular weight excluding hydrogens is 296 g/mol. The van der Waals surface area contributed by atoms with E-state index in [0.717, 1.165) is 15.2 Å². The van der Waals surface area contributed by atoms with Crippen molar-refractivity contribution >= 4 is 27.5 Å². The molecule has 5 heteroatoms. The number of hydrogen-bond acceptors (Lipinski definition) is 4. The Kier molecular flexibility index (Phi) is 5.11. The number of benzene rings is 1. The Morgan fingerprint density at radius 3 is 2.73 bits per heavy atom. The van der Waals surface area contributed by atoms with E-state index in [0.29, 0.717) is 18.4 Å². The van der Waals surface area contributed by atoms with E-state index < -0.39 is 5.60 Å². The minimum Gasteiger partial charge on any atom is -0.387 e. The minimum atomic E-state index is -1.04. The molecule has 22 heavy (non-hydrogen) atoms. The lowest BCUT2D eigenvalue weighted by molar-refractivity contribution is 0.0437. The molecule has 0 aliphatic carbocycles. The van der Waals surface area contributed by atoms with Gasteiger partial charge in [0.2, 0.25) is 0 Å². The molecule has 1 amide bonds. The monoisotopic (exact) mass is 316 g/mol. The van der Waals surface area contributed by atoms with Crippen molar-refractivity contribution in [3.05, 3.63) is 54.1 Å². The standard InChI is InChI=1S/C17H20N2O2S/c1-4-8-17(21,9-5-2)11-18-16(20)13-6-7-15-14(10-13)19-12(3)22-15/h4-7,10,21H,1-2,8-9,11H2,3H3,(H,18,20). The minimum absolute atomic E-state index is 0.151. The highest BCUT2D eigenvalue weighted by Crippen LogP contribution is 2.22. The number of rotatable bonds is 7. The van der Waals surface area contributed by atoms with Gasteiger partial charge >= 0.3 is 0 Å². The first-order valence-electron chi connectivity index (χ1n) is 7.07. The van der Waals surface area contributed by atoms with Gasteiger partial charge in [0.25, 0.3) is 5.91 Å². The van der Waals surface area contributed by atoms with E-state index in [-0.39, 0.29) is 12.5 Å². The number of aliphatic hydroxyl groups is 1. The highest BCUT2D eigenvalue weighted by atomic mass is 32.1. The van der Waals surface area contributed by atoms with E-state index in [1.54, 1.807) is 35.6 Å². The van der Waals surface area contributed by atoms with E-state index in [2.05, 4.69) is 23.5 Å². The number of carbonyl (C=O) groups is 1. The highest BCUT2D eigenvalue weighted by Gasteiger charge is 2.24. The Hall–Kier alpha value is -1.98. The van der Waals surface area contributed by atoms with Gasteiger partial charge in [0.1, 0.15) is 0 Å². The summed E-state index contributed by atoms with van der Waals surface area (Å²) >= 11 is 1.60. The predicted molar refractivity (Wildman–Crippen MR) is 91.3 cm³/mol. The molecule has 1 aromatic carbocycles. The van der Waals surface area contributed by atoms with Gasteiger partial charge in [0, 0.05) is 12.1 Å². The maximum Gasteiger partial charge on any atom is 0.251 e. The third-order valence-electron chi connectivity index (χ3n) is 3.38. The fourth-order valence-electron chi connectivity index (χ4n) is 2.30. The number of hydrogen-bond donors (Lipinski definition) is 2. The molecule has 1 aromatic heterocycles. The maximum absolute atomic E-state index is 12.3. The zero-order valence-corrected chi connectivity index (χ0v) is 13.4. The Bertz CT molecular complexity index is 696. The Balaban J connectivity index is 2.09. The molecular formula is C17H20N2O2S. The molecule has 0 bridgehead atoms. The molecule has 0 radical (unpaired) electrons. The second-order valence-electron chi connectivity index (χ2n) is 5.31. The van der Waals surface area contributed by atoms with E-state index in [1.807, 2.05) is 13.0 Å². The first-order valence-corrected chi connectivity index (χ1v) is 7.88. The van der Waals surface area contributed by atoms with Gasteiger partial charge < -0.3 is 10.4 Å². The van der Waals surface area contributed by atoms with Crippen molar-refractivity contribution in [3.63, 3.8) is 0 Å². The van der Waals surface area contributed by atoms with Crippen LogP contribution in [-0.2, 0) is 0 Å². The summed E-state index contributed by atoms with van der Waals surface area (Å²) < 4.78 is 1.06. The number of thiazole rings is 1. The SMILES string of the molecule is C=CCC(O)(CC=C)CNC(=O)c1ccc2sc(C)nc2c1. The number of aryl methyl sites for hydroxylation is 1. The van der Waals surface area contributed by atoms with Crippen LogP contribution in [0.2, 0.25) is 0 Å². The number of carbonyl (C=O) groups excluding carboxylic acids is 1. The van der Waals surface area contributed by atoms with Crippen LogP contribution in [0.25, 0.3) is 10.2 Å². The summed E-state index contributed by atoms with van der Waals surface area (Å²) in [5.74, 6) is -0.223. The van der Waals surface area contributed by atoms with Gasteiger partial charge in [-0.25, -0.2) is 4.98 Å². The molecule has 116 valence electrons. The van der Waals surface area contributed by atoms with Crippen LogP contribution in [0.15, 0.2) is 43.5 Å². The van der Waals surface area contributed by atoms with Gasteiger partial charge in [-0.1, -0.05) is 12.2 Å². The number of fused-ring (bicyclic) bond motifs is 1. The van der Waals surface area contributed by atoms with E-state index in [4.69, 9.17) is 0 Å². The zero-order valence-electron chi connectivity index (χ0n) is 12.6. The first kappa shape index (κ1) is 16.4. The van der Waals surface area contributed by atoms with Crippen molar-refractivity contribution in [1.82, 2.24) is 10.3 Å². The Labute approximate surface area is 134 Å². The van der Waals surface area contributed by atoms with Crippen LogP contribution in [0.5, 0.6) is 0 Å². The fraction of sp³-hybridized carbons (Fsp3) is 0.294. The molecule has 2 rings (SSSR count). The smallest absolute Gasteiger partial charge is 0.251 e. The molecule has 0 fully saturated rings. The average Bonchev–Trinajstić information content (AvgIpc) is 2.84. The number of amides is 1. The molecule has 0 aliphatic rings. The molecule has 0 saturated carbocycles. The number of nitrogens with one attached hydrogen (secondary N) is 1. The van der Waals surface area contributed by atoms with Gasteiger partial charge in [-0.2, -0.15) is 0 Å². The summed E-state index contributed by atoms with van der Waals surface area (Å²) in [7, 11) is 0. The third-order valence-corrected chi connectivity index (χ3v) is 4.34. The lowest BCUT2D eigenvalue weighted by Crippen LogP contribution is -2.42. The van der Waals surface area contributed by atoms with Crippen molar-refractivity contribution in [1.29, 1.82) is 0 Å². The second-order valence-corrected chi connectivity index (χ2v) is 6.54. The van der Waals surface area contributed by atoms with Crippen molar-refractivity contribution < 1.29 is 9.90 Å². The molecule has 0 spiro atoms. The first-order chi connectivity index (χ1) is 10.5. The van der Waals surface area contributed by atoms with Gasteiger partial charge in [0.05, 0.1) is 20.8 Å². The topological polar surface area (TPSA) is 62.2 Å². The largest absolute Gasteiger partial charge is 0.387 e. The van der Waals surface area contributed by atoms with Gasteiger partial charge in [0.15, 0.2) is 0 Å². The van der Waals surface area contributed by atoms with Crippen LogP contribution >= 0.6 is 11.3 Å². The summed E-state index contributed by atoms with van der Waals surface area (Å²) in [5.41, 5.74) is 0.320. The lowest BCUT2D eigenvalue weighted by atomic mass is 9.95. The molecule has 1 heterocycles. The van der Waals surface area contributed by atoms with Crippen LogP contribution in [0, 0.1) is 6.92 Å². The third kappa shape index (κ3) is 3.81. The summed E-state index contributed by atoms with van der Waals surface area (Å²) in [6.45, 7) is 9.36. The molecule has 0 atom stereocenters. The molecule has 0 aliphatic heterocycles.